The largest absolute Gasteiger partial charge is 0.467 e. The molecule has 0 aliphatic carbocycles. The van der Waals surface area contributed by atoms with Crippen LogP contribution in [0.4, 0.5) is 0 Å². The number of hydrogen-bond acceptors (Lipinski definition) is 4. The highest BCUT2D eigenvalue weighted by molar-refractivity contribution is 7.80. The van der Waals surface area contributed by atoms with E-state index in [1.165, 1.54) is 18.7 Å². The van der Waals surface area contributed by atoms with Gasteiger partial charge in [-0.05, 0) is 13.8 Å². The van der Waals surface area contributed by atoms with Gasteiger partial charge in [0.1, 0.15) is 0 Å². The summed E-state index contributed by atoms with van der Waals surface area (Å²) in [7, 11) is 1.33. The molecule has 0 rings (SSSR count). The van der Waals surface area contributed by atoms with Crippen molar-refractivity contribution in [1.82, 2.24) is 0 Å². The van der Waals surface area contributed by atoms with E-state index in [9.17, 15) is 4.79 Å². The molecule has 11 heavy (non-hydrogen) atoms. The summed E-state index contributed by atoms with van der Waals surface area (Å²) in [6, 6.07) is 0. The van der Waals surface area contributed by atoms with E-state index in [4.69, 9.17) is 0 Å². The lowest BCUT2D eigenvalue weighted by Gasteiger charge is -2.14. The van der Waals surface area contributed by atoms with Crippen LogP contribution in [-0.4, -0.2) is 30.2 Å². The van der Waals surface area contributed by atoms with Crippen LogP contribution in [0, 0.1) is 0 Å². The molecule has 0 fully saturated rings. The van der Waals surface area contributed by atoms with Crippen LogP contribution in [0.5, 0.6) is 0 Å². The molecule has 0 N–H and O–H groups in total. The summed E-state index contributed by atoms with van der Waals surface area (Å²) in [5, 5.41) is 1.35. The van der Waals surface area contributed by atoms with Crippen LogP contribution < -0.4 is 0 Å². The first-order valence-electron chi connectivity index (χ1n) is 3.12. The van der Waals surface area contributed by atoms with Gasteiger partial charge in [-0.15, -0.1) is 0 Å². The average Bonchev–Trinajstić information content (AvgIpc) is 1.99. The monoisotopic (exact) mass is 173 g/mol. The predicted molar refractivity (Wildman–Crippen MR) is 48.2 cm³/mol. The molecule has 0 aromatic carbocycles. The van der Waals surface area contributed by atoms with Crippen molar-refractivity contribution < 1.29 is 9.53 Å². The average molecular weight is 173 g/mol. The highest BCUT2D eigenvalue weighted by Gasteiger charge is 2.26. The first-order valence-corrected chi connectivity index (χ1v) is 3.59. The number of carbonyl (C=O) groups excluding carboxylic acids is 1. The van der Waals surface area contributed by atoms with Gasteiger partial charge in [-0.1, -0.05) is 12.2 Å². The molecule has 0 amide bonds. The summed E-state index contributed by atoms with van der Waals surface area (Å²) >= 11 is 4.52. The summed E-state index contributed by atoms with van der Waals surface area (Å²) < 4.78 is 4.51. The van der Waals surface area contributed by atoms with Gasteiger partial charge in [0, 0.05) is 11.6 Å². The van der Waals surface area contributed by atoms with E-state index in [1.54, 1.807) is 13.8 Å². The Hall–Kier alpha value is -0.770. The number of rotatable bonds is 3. The number of hydrogen-bond donors (Lipinski definition) is 0. The van der Waals surface area contributed by atoms with Crippen molar-refractivity contribution in [2.24, 2.45) is 4.99 Å². The van der Waals surface area contributed by atoms with Crippen molar-refractivity contribution in [2.45, 2.75) is 19.4 Å². The second kappa shape index (κ2) is 4.18. The summed E-state index contributed by atoms with van der Waals surface area (Å²) in [6.07, 6.45) is 1.41. The number of nitrogens with zero attached hydrogens (tertiary/aromatic N) is 1. The highest BCUT2D eigenvalue weighted by Crippen LogP contribution is 2.09. The van der Waals surface area contributed by atoms with E-state index in [2.05, 4.69) is 21.9 Å². The van der Waals surface area contributed by atoms with Crippen molar-refractivity contribution in [3.8, 4) is 0 Å². The van der Waals surface area contributed by atoms with Crippen LogP contribution in [0.1, 0.15) is 13.8 Å². The topological polar surface area (TPSA) is 38.7 Å². The molecular formula is C7H11NO2S. The Morgan fingerprint density at radius 3 is 2.55 bits per heavy atom. The van der Waals surface area contributed by atoms with Gasteiger partial charge in [0.25, 0.3) is 0 Å². The first-order chi connectivity index (χ1) is 5.04. The third-order valence-electron chi connectivity index (χ3n) is 1.14. The van der Waals surface area contributed by atoms with Gasteiger partial charge in [-0.25, -0.2) is 4.79 Å². The molecule has 0 radical (unpaired) electrons. The van der Waals surface area contributed by atoms with Gasteiger partial charge in [0.05, 0.1) is 7.11 Å². The van der Waals surface area contributed by atoms with Crippen molar-refractivity contribution in [2.75, 3.05) is 7.11 Å². The number of aliphatic imine (C=N–C) groups is 1. The number of esters is 1. The standard InChI is InChI=1S/C7H11NO2S/c1-7(2,6(9)10-3)8-4-5-11/h4-5H,1-3H3. The molecule has 0 heterocycles. The van der Waals surface area contributed by atoms with Gasteiger partial charge in [0.2, 0.25) is 0 Å². The maximum absolute atomic E-state index is 11.0. The molecule has 0 spiro atoms. The van der Waals surface area contributed by atoms with Crippen molar-refractivity contribution in [3.63, 3.8) is 0 Å². The van der Waals surface area contributed by atoms with E-state index in [1.807, 2.05) is 0 Å². The zero-order chi connectivity index (χ0) is 8.91. The Kier molecular flexibility index (Phi) is 3.89. The number of thiocarbonyl (C=S) groups is 1. The smallest absolute Gasteiger partial charge is 0.333 e. The molecule has 0 aromatic heterocycles. The molecule has 3 nitrogen and oxygen atoms in total. The van der Waals surface area contributed by atoms with E-state index < -0.39 is 5.54 Å². The quantitative estimate of drug-likeness (QED) is 0.363. The Labute approximate surface area is 71.5 Å². The molecule has 0 aromatic rings. The van der Waals surface area contributed by atoms with Crippen LogP contribution >= 0.6 is 12.2 Å². The minimum Gasteiger partial charge on any atom is -0.467 e. The number of methoxy groups -OCH3 is 1. The van der Waals surface area contributed by atoms with Crippen LogP contribution in [0.3, 0.4) is 0 Å². The van der Waals surface area contributed by atoms with E-state index >= 15 is 0 Å². The van der Waals surface area contributed by atoms with Crippen LogP contribution in [0.25, 0.3) is 0 Å². The fourth-order valence-corrected chi connectivity index (χ4v) is 0.580. The van der Waals surface area contributed by atoms with Gasteiger partial charge >= 0.3 is 5.97 Å². The van der Waals surface area contributed by atoms with Gasteiger partial charge < -0.3 is 4.74 Å². The van der Waals surface area contributed by atoms with Crippen LogP contribution in [0.15, 0.2) is 4.99 Å². The zero-order valence-electron chi connectivity index (χ0n) is 6.83. The fourth-order valence-electron chi connectivity index (χ4n) is 0.519. The molecule has 0 atom stereocenters. The molecule has 62 valence electrons. The SMILES string of the molecule is COC(=O)C(C)(C)N=CC=S. The lowest BCUT2D eigenvalue weighted by Crippen LogP contribution is -2.30. The molecule has 0 aliphatic heterocycles. The Bertz CT molecular complexity index is 187. The zero-order valence-corrected chi connectivity index (χ0v) is 7.64. The minimum absolute atomic E-state index is 0.370. The Morgan fingerprint density at radius 1 is 1.64 bits per heavy atom. The molecule has 0 saturated heterocycles. The molecule has 0 aliphatic rings. The summed E-state index contributed by atoms with van der Waals surface area (Å²) in [5.41, 5.74) is -0.829. The second-order valence-electron chi connectivity index (χ2n) is 2.46. The fraction of sp³-hybridized carbons (Fsp3) is 0.571. The van der Waals surface area contributed by atoms with Gasteiger partial charge in [0.15, 0.2) is 5.54 Å². The molecule has 4 heteroatoms. The molecule has 0 unspecified atom stereocenters. The molecule has 0 saturated carbocycles. The normalized spacial score (nSPS) is 11.5. The van der Waals surface area contributed by atoms with Crippen molar-refractivity contribution in [1.29, 1.82) is 0 Å². The van der Waals surface area contributed by atoms with E-state index in [0.717, 1.165) is 0 Å². The minimum atomic E-state index is -0.829. The summed E-state index contributed by atoms with van der Waals surface area (Å²) in [5.74, 6) is -0.370. The maximum atomic E-state index is 11.0. The Morgan fingerprint density at radius 2 is 2.18 bits per heavy atom. The van der Waals surface area contributed by atoms with Crippen molar-refractivity contribution >= 4 is 29.8 Å². The number of ether oxygens (including phenoxy) is 1. The first kappa shape index (κ1) is 10.2. The number of carbonyl (C=O) groups is 1. The third-order valence-corrected chi connectivity index (χ3v) is 1.26. The Balaban J connectivity index is 4.32. The van der Waals surface area contributed by atoms with Gasteiger partial charge in [-0.2, -0.15) is 0 Å². The second-order valence-corrected chi connectivity index (χ2v) is 2.74. The maximum Gasteiger partial charge on any atom is 0.333 e. The van der Waals surface area contributed by atoms with Crippen LogP contribution in [-0.2, 0) is 9.53 Å². The van der Waals surface area contributed by atoms with Crippen molar-refractivity contribution in [3.05, 3.63) is 0 Å². The third kappa shape index (κ3) is 3.23. The lowest BCUT2D eigenvalue weighted by atomic mass is 10.1. The van der Waals surface area contributed by atoms with E-state index in [0.29, 0.717) is 0 Å². The van der Waals surface area contributed by atoms with E-state index in [-0.39, 0.29) is 5.97 Å². The van der Waals surface area contributed by atoms with Gasteiger partial charge in [-0.3, -0.25) is 4.99 Å². The molecular weight excluding hydrogens is 162 g/mol. The summed E-state index contributed by atoms with van der Waals surface area (Å²) in [4.78, 5) is 14.8. The lowest BCUT2D eigenvalue weighted by molar-refractivity contribution is -0.145. The predicted octanol–water partition coefficient (Wildman–Crippen LogP) is 1.01. The van der Waals surface area contributed by atoms with Crippen LogP contribution in [0.2, 0.25) is 0 Å². The summed E-state index contributed by atoms with van der Waals surface area (Å²) in [6.45, 7) is 3.32. The molecule has 0 bridgehead atoms. The highest BCUT2D eigenvalue weighted by atomic mass is 32.1.